The third-order valence-corrected chi connectivity index (χ3v) is 5.55. The Hall–Kier alpha value is -1.85. The van der Waals surface area contributed by atoms with Crippen molar-refractivity contribution in [1.29, 1.82) is 0 Å². The average Bonchev–Trinajstić information content (AvgIpc) is 2.67. The van der Waals surface area contributed by atoms with Gasteiger partial charge in [0.25, 0.3) is 5.91 Å². The van der Waals surface area contributed by atoms with Crippen LogP contribution in [-0.4, -0.2) is 47.2 Å². The number of carbonyl (C=O) groups is 1. The molecule has 1 aliphatic heterocycles. The maximum atomic E-state index is 12.4. The number of rotatable bonds is 6. The number of hydrogen-bond donors (Lipinski definition) is 1. The Kier molecular flexibility index (Phi) is 6.48. The summed E-state index contributed by atoms with van der Waals surface area (Å²) < 4.78 is 0. The van der Waals surface area contributed by atoms with Gasteiger partial charge in [0, 0.05) is 54.3 Å². The number of benzene rings is 1. The van der Waals surface area contributed by atoms with Crippen molar-refractivity contribution in [2.75, 3.05) is 25.4 Å². The first kappa shape index (κ1) is 18.0. The van der Waals surface area contributed by atoms with Crippen LogP contribution >= 0.6 is 11.8 Å². The lowest BCUT2D eigenvalue weighted by Gasteiger charge is -2.32. The van der Waals surface area contributed by atoms with E-state index in [0.29, 0.717) is 6.04 Å². The molecule has 1 aliphatic rings. The predicted molar refractivity (Wildman–Crippen MR) is 103 cm³/mol. The highest BCUT2D eigenvalue weighted by molar-refractivity contribution is 7.99. The highest BCUT2D eigenvalue weighted by Crippen LogP contribution is 2.18. The zero-order valence-electron chi connectivity index (χ0n) is 14.6. The molecule has 1 amide bonds. The van der Waals surface area contributed by atoms with Gasteiger partial charge in [-0.05, 0) is 44.0 Å². The Balaban J connectivity index is 1.35. The number of piperidine rings is 1. The quantitative estimate of drug-likeness (QED) is 0.637. The van der Waals surface area contributed by atoms with Gasteiger partial charge in [-0.1, -0.05) is 17.7 Å². The monoisotopic (exact) mass is 355 g/mol. The Morgan fingerprint density at radius 1 is 1.16 bits per heavy atom. The van der Waals surface area contributed by atoms with Crippen LogP contribution in [-0.2, 0) is 0 Å². The Bertz CT molecular complexity index is 667. The molecule has 0 aliphatic carbocycles. The minimum absolute atomic E-state index is 0.121. The van der Waals surface area contributed by atoms with Crippen LogP contribution in [0.1, 0.15) is 28.8 Å². The summed E-state index contributed by atoms with van der Waals surface area (Å²) in [6, 6.07) is 12.8. The van der Waals surface area contributed by atoms with E-state index in [-0.39, 0.29) is 5.91 Å². The van der Waals surface area contributed by atoms with Crippen molar-refractivity contribution in [3.05, 3.63) is 59.9 Å². The van der Waals surface area contributed by atoms with Crippen molar-refractivity contribution >= 4 is 17.7 Å². The van der Waals surface area contributed by atoms with Crippen LogP contribution in [0.4, 0.5) is 0 Å². The zero-order valence-corrected chi connectivity index (χ0v) is 15.5. The fourth-order valence-corrected chi connectivity index (χ4v) is 3.81. The summed E-state index contributed by atoms with van der Waals surface area (Å²) in [6.45, 7) is 4.76. The SMILES string of the molecule is Cc1ccc(SCCNC2CCN(C(=O)c3ccncc3)CC2)cc1. The van der Waals surface area contributed by atoms with Gasteiger partial charge in [-0.3, -0.25) is 9.78 Å². The number of carbonyl (C=O) groups excluding carboxylic acids is 1. The molecule has 5 heteroatoms. The second-order valence-electron chi connectivity index (χ2n) is 6.42. The molecular formula is C20H25N3OS. The van der Waals surface area contributed by atoms with E-state index in [2.05, 4.69) is 41.5 Å². The van der Waals surface area contributed by atoms with E-state index < -0.39 is 0 Å². The molecule has 1 aromatic heterocycles. The van der Waals surface area contributed by atoms with E-state index in [9.17, 15) is 4.79 Å². The van der Waals surface area contributed by atoms with Crippen LogP contribution in [0.15, 0.2) is 53.7 Å². The van der Waals surface area contributed by atoms with Gasteiger partial charge in [0.2, 0.25) is 0 Å². The molecule has 0 radical (unpaired) electrons. The Morgan fingerprint density at radius 2 is 1.84 bits per heavy atom. The summed E-state index contributed by atoms with van der Waals surface area (Å²) in [4.78, 5) is 19.7. The average molecular weight is 356 g/mol. The molecule has 2 aromatic rings. The Labute approximate surface area is 154 Å². The highest BCUT2D eigenvalue weighted by atomic mass is 32.2. The molecular weight excluding hydrogens is 330 g/mol. The second kappa shape index (κ2) is 9.02. The van der Waals surface area contributed by atoms with Gasteiger partial charge in [-0.15, -0.1) is 11.8 Å². The molecule has 1 N–H and O–H groups in total. The third-order valence-electron chi connectivity index (χ3n) is 4.53. The van der Waals surface area contributed by atoms with Gasteiger partial charge < -0.3 is 10.2 Å². The maximum absolute atomic E-state index is 12.4. The number of amides is 1. The van der Waals surface area contributed by atoms with Gasteiger partial charge in [0.15, 0.2) is 0 Å². The first-order chi connectivity index (χ1) is 12.2. The van der Waals surface area contributed by atoms with Gasteiger partial charge in [0.1, 0.15) is 0 Å². The molecule has 1 aromatic carbocycles. The summed E-state index contributed by atoms with van der Waals surface area (Å²) in [5.41, 5.74) is 2.03. The van der Waals surface area contributed by atoms with Crippen LogP contribution < -0.4 is 5.32 Å². The van der Waals surface area contributed by atoms with Crippen LogP contribution in [0.5, 0.6) is 0 Å². The van der Waals surface area contributed by atoms with E-state index in [4.69, 9.17) is 0 Å². The fourth-order valence-electron chi connectivity index (χ4n) is 3.03. The van der Waals surface area contributed by atoms with Crippen LogP contribution in [0.3, 0.4) is 0 Å². The molecule has 1 saturated heterocycles. The predicted octanol–water partition coefficient (Wildman–Crippen LogP) is 3.38. The van der Waals surface area contributed by atoms with Gasteiger partial charge in [0.05, 0.1) is 0 Å². The molecule has 132 valence electrons. The van der Waals surface area contributed by atoms with Gasteiger partial charge >= 0.3 is 0 Å². The number of aryl methyl sites for hydroxylation is 1. The smallest absolute Gasteiger partial charge is 0.253 e. The van der Waals surface area contributed by atoms with E-state index in [1.165, 1.54) is 10.5 Å². The normalized spacial score (nSPS) is 15.3. The Morgan fingerprint density at radius 3 is 2.52 bits per heavy atom. The lowest BCUT2D eigenvalue weighted by atomic mass is 10.0. The summed E-state index contributed by atoms with van der Waals surface area (Å²) in [5, 5.41) is 3.63. The molecule has 4 nitrogen and oxygen atoms in total. The molecule has 0 atom stereocenters. The lowest BCUT2D eigenvalue weighted by molar-refractivity contribution is 0.0706. The number of aromatic nitrogens is 1. The molecule has 25 heavy (non-hydrogen) atoms. The van der Waals surface area contributed by atoms with E-state index in [1.807, 2.05) is 16.7 Å². The number of nitrogens with one attached hydrogen (secondary N) is 1. The summed E-state index contributed by atoms with van der Waals surface area (Å²) in [5.74, 6) is 1.19. The fraction of sp³-hybridized carbons (Fsp3) is 0.400. The van der Waals surface area contributed by atoms with E-state index in [0.717, 1.165) is 43.8 Å². The molecule has 2 heterocycles. The molecule has 0 unspecified atom stereocenters. The standard InChI is InChI=1S/C20H25N3OS/c1-16-2-4-19(5-3-16)25-15-12-22-18-8-13-23(14-9-18)20(24)17-6-10-21-11-7-17/h2-7,10-11,18,22H,8-9,12-15H2,1H3. The minimum Gasteiger partial charge on any atom is -0.339 e. The number of thioether (sulfide) groups is 1. The highest BCUT2D eigenvalue weighted by Gasteiger charge is 2.23. The van der Waals surface area contributed by atoms with Crippen LogP contribution in [0.2, 0.25) is 0 Å². The minimum atomic E-state index is 0.121. The van der Waals surface area contributed by atoms with Crippen molar-refractivity contribution in [1.82, 2.24) is 15.2 Å². The van der Waals surface area contributed by atoms with E-state index in [1.54, 1.807) is 24.5 Å². The van der Waals surface area contributed by atoms with Crippen LogP contribution in [0, 0.1) is 6.92 Å². The molecule has 0 spiro atoms. The first-order valence-electron chi connectivity index (χ1n) is 8.84. The zero-order chi connectivity index (χ0) is 17.5. The topological polar surface area (TPSA) is 45.2 Å². The molecule has 0 bridgehead atoms. The first-order valence-corrected chi connectivity index (χ1v) is 9.83. The largest absolute Gasteiger partial charge is 0.339 e. The summed E-state index contributed by atoms with van der Waals surface area (Å²) >= 11 is 1.89. The molecule has 3 rings (SSSR count). The van der Waals surface area contributed by atoms with E-state index >= 15 is 0 Å². The van der Waals surface area contributed by atoms with Gasteiger partial charge in [-0.25, -0.2) is 0 Å². The van der Waals surface area contributed by atoms with Crippen molar-refractivity contribution in [3.8, 4) is 0 Å². The second-order valence-corrected chi connectivity index (χ2v) is 7.59. The van der Waals surface area contributed by atoms with Crippen LogP contribution in [0.25, 0.3) is 0 Å². The molecule has 0 saturated carbocycles. The van der Waals surface area contributed by atoms with Crippen molar-refractivity contribution < 1.29 is 4.79 Å². The molecule has 1 fully saturated rings. The maximum Gasteiger partial charge on any atom is 0.253 e. The van der Waals surface area contributed by atoms with Crippen molar-refractivity contribution in [2.45, 2.75) is 30.7 Å². The number of pyridine rings is 1. The number of hydrogen-bond acceptors (Lipinski definition) is 4. The lowest BCUT2D eigenvalue weighted by Crippen LogP contribution is -2.45. The van der Waals surface area contributed by atoms with Crippen molar-refractivity contribution in [3.63, 3.8) is 0 Å². The van der Waals surface area contributed by atoms with Gasteiger partial charge in [-0.2, -0.15) is 0 Å². The summed E-state index contributed by atoms with van der Waals surface area (Å²) in [6.07, 6.45) is 5.39. The summed E-state index contributed by atoms with van der Waals surface area (Å²) in [7, 11) is 0. The third kappa shape index (κ3) is 5.31. The number of likely N-dealkylation sites (tertiary alicyclic amines) is 1. The van der Waals surface area contributed by atoms with Crippen molar-refractivity contribution in [2.24, 2.45) is 0 Å². The number of nitrogens with zero attached hydrogens (tertiary/aromatic N) is 2.